The predicted molar refractivity (Wildman–Crippen MR) is 93.7 cm³/mol. The van der Waals surface area contributed by atoms with E-state index in [0.717, 1.165) is 0 Å². The highest BCUT2D eigenvalue weighted by Gasteiger charge is 2.46. The van der Waals surface area contributed by atoms with E-state index in [0.29, 0.717) is 5.84 Å². The van der Waals surface area contributed by atoms with E-state index in [1.54, 1.807) is 36.3 Å². The normalized spacial score (nSPS) is 20.6. The zero-order valence-electron chi connectivity index (χ0n) is 14.9. The number of nitriles is 1. The van der Waals surface area contributed by atoms with Gasteiger partial charge in [0.15, 0.2) is 0 Å². The van der Waals surface area contributed by atoms with Gasteiger partial charge in [0, 0.05) is 6.20 Å². The highest BCUT2D eigenvalue weighted by Crippen LogP contribution is 2.32. The Morgan fingerprint density at radius 2 is 2.19 bits per heavy atom. The van der Waals surface area contributed by atoms with Gasteiger partial charge in [-0.3, -0.25) is 14.9 Å². The number of fused-ring (bicyclic) bond motifs is 1. The highest BCUT2D eigenvalue weighted by molar-refractivity contribution is 6.12. The van der Waals surface area contributed by atoms with Gasteiger partial charge in [-0.2, -0.15) is 10.3 Å². The van der Waals surface area contributed by atoms with Crippen LogP contribution >= 0.6 is 0 Å². The number of hydrogen-bond acceptors (Lipinski definition) is 7. The van der Waals surface area contributed by atoms with Gasteiger partial charge in [-0.25, -0.2) is 4.79 Å². The molecule has 1 N–H and O–H groups in total. The van der Waals surface area contributed by atoms with Crippen LogP contribution in [0.15, 0.2) is 33.8 Å². The zero-order chi connectivity index (χ0) is 19.8. The van der Waals surface area contributed by atoms with Gasteiger partial charge in [0.2, 0.25) is 5.88 Å². The van der Waals surface area contributed by atoms with Gasteiger partial charge in [0.25, 0.3) is 11.8 Å². The third-order valence-corrected chi connectivity index (χ3v) is 4.41. The minimum absolute atomic E-state index is 0.0526. The van der Waals surface area contributed by atoms with Gasteiger partial charge in [0.1, 0.15) is 34.3 Å². The number of furan rings is 1. The molecule has 1 aromatic heterocycles. The number of hydrogen-bond donors (Lipinski definition) is 1. The maximum absolute atomic E-state index is 13.0. The lowest BCUT2D eigenvalue weighted by molar-refractivity contribution is -0.130. The number of allylic oxidation sites excluding steroid dienone is 2. The summed E-state index contributed by atoms with van der Waals surface area (Å²) in [5, 5.41) is 11.9. The number of esters is 1. The van der Waals surface area contributed by atoms with Crippen molar-refractivity contribution < 1.29 is 23.5 Å². The molecule has 1 unspecified atom stereocenters. The van der Waals surface area contributed by atoms with Crippen molar-refractivity contribution in [1.29, 1.82) is 5.26 Å². The lowest BCUT2D eigenvalue weighted by Gasteiger charge is -2.41. The Hall–Kier alpha value is -3.67. The van der Waals surface area contributed by atoms with Crippen LogP contribution < -0.4 is 5.32 Å². The first kappa shape index (κ1) is 18.1. The van der Waals surface area contributed by atoms with Gasteiger partial charge in [-0.15, -0.1) is 0 Å². The van der Waals surface area contributed by atoms with E-state index in [1.807, 2.05) is 6.07 Å². The molecular weight excluding hydrogens is 352 g/mol. The van der Waals surface area contributed by atoms with Crippen molar-refractivity contribution in [3.05, 3.63) is 41.3 Å². The minimum Gasteiger partial charge on any atom is -0.465 e. The number of nitrogens with zero attached hydrogens (tertiary/aromatic N) is 3. The highest BCUT2D eigenvalue weighted by atomic mass is 16.5. The summed E-state index contributed by atoms with van der Waals surface area (Å²) in [6.45, 7) is 3.07. The molecule has 0 saturated carbocycles. The van der Waals surface area contributed by atoms with Gasteiger partial charge < -0.3 is 14.1 Å². The van der Waals surface area contributed by atoms with Crippen molar-refractivity contribution in [3.8, 4) is 6.07 Å². The second kappa shape index (κ2) is 6.57. The van der Waals surface area contributed by atoms with Crippen molar-refractivity contribution in [2.24, 2.45) is 4.99 Å². The first-order chi connectivity index (χ1) is 12.8. The maximum Gasteiger partial charge on any atom is 0.342 e. The number of carbonyl (C=O) groups is 3. The molecule has 0 aliphatic carbocycles. The molecule has 3 rings (SSSR count). The van der Waals surface area contributed by atoms with Gasteiger partial charge in [-0.1, -0.05) is 6.08 Å². The molecule has 2 aliphatic heterocycles. The van der Waals surface area contributed by atoms with E-state index in [-0.39, 0.29) is 29.2 Å². The molecule has 0 fully saturated rings. The molecule has 9 nitrogen and oxygen atoms in total. The summed E-state index contributed by atoms with van der Waals surface area (Å²) in [7, 11) is 1.18. The Kier molecular flexibility index (Phi) is 4.41. The fourth-order valence-corrected chi connectivity index (χ4v) is 3.00. The monoisotopic (exact) mass is 368 g/mol. The summed E-state index contributed by atoms with van der Waals surface area (Å²) in [5.74, 6) is -1.45. The number of amidine groups is 1. The number of nitrogens with one attached hydrogen (secondary N) is 1. The number of ether oxygens (including phenoxy) is 1. The summed E-state index contributed by atoms with van der Waals surface area (Å²) in [6, 6.07) is 1.85. The summed E-state index contributed by atoms with van der Waals surface area (Å²) in [5.41, 5.74) is -1.47. The lowest BCUT2D eigenvalue weighted by atomic mass is 9.91. The van der Waals surface area contributed by atoms with Gasteiger partial charge in [-0.05, 0) is 26.0 Å². The van der Waals surface area contributed by atoms with Crippen LogP contribution in [0.4, 0.5) is 5.88 Å². The van der Waals surface area contributed by atoms with Crippen molar-refractivity contribution in [2.75, 3.05) is 12.4 Å². The smallest absolute Gasteiger partial charge is 0.342 e. The van der Waals surface area contributed by atoms with Crippen LogP contribution in [0, 0.1) is 18.3 Å². The van der Waals surface area contributed by atoms with E-state index in [4.69, 9.17) is 4.42 Å². The molecule has 2 aliphatic rings. The molecule has 27 heavy (non-hydrogen) atoms. The van der Waals surface area contributed by atoms with E-state index in [9.17, 15) is 19.6 Å². The summed E-state index contributed by atoms with van der Waals surface area (Å²) >= 11 is 0. The Labute approximate surface area is 154 Å². The molecule has 138 valence electrons. The second-order valence-electron chi connectivity index (χ2n) is 6.18. The SMILES string of the molecule is COC(=O)c1c(C)oc(NC(=O)C2(C)CC(=O)N=C3C=CC=CN32)c1C#N. The first-order valence-electron chi connectivity index (χ1n) is 8.01. The molecule has 0 spiro atoms. The van der Waals surface area contributed by atoms with Crippen LogP contribution in [-0.2, 0) is 14.3 Å². The van der Waals surface area contributed by atoms with E-state index in [2.05, 4.69) is 15.0 Å². The van der Waals surface area contributed by atoms with Gasteiger partial charge >= 0.3 is 5.97 Å². The van der Waals surface area contributed by atoms with E-state index in [1.165, 1.54) is 14.0 Å². The number of anilines is 1. The van der Waals surface area contributed by atoms with Crippen molar-refractivity contribution in [3.63, 3.8) is 0 Å². The third kappa shape index (κ3) is 2.91. The van der Waals surface area contributed by atoms with Crippen molar-refractivity contribution in [1.82, 2.24) is 4.90 Å². The average molecular weight is 368 g/mol. The topological polar surface area (TPSA) is 125 Å². The fourth-order valence-electron chi connectivity index (χ4n) is 3.00. The predicted octanol–water partition coefficient (Wildman–Crippen LogP) is 1.66. The van der Waals surface area contributed by atoms with Crippen LogP contribution in [0.5, 0.6) is 0 Å². The number of rotatable bonds is 3. The van der Waals surface area contributed by atoms with Crippen LogP contribution in [0.3, 0.4) is 0 Å². The molecule has 0 radical (unpaired) electrons. The molecule has 9 heteroatoms. The van der Waals surface area contributed by atoms with E-state index >= 15 is 0 Å². The second-order valence-corrected chi connectivity index (χ2v) is 6.18. The lowest BCUT2D eigenvalue weighted by Crippen LogP contribution is -2.58. The zero-order valence-corrected chi connectivity index (χ0v) is 14.9. The standard InChI is InChI=1S/C18H16N4O5/c1-10-14(16(24)26-3)11(9-19)15(27-10)21-17(25)18(2)8-13(23)20-12-6-4-5-7-22(12)18/h4-7H,8H2,1-3H3,(H,21,25). The minimum atomic E-state index is -1.28. The summed E-state index contributed by atoms with van der Waals surface area (Å²) in [6.07, 6.45) is 6.52. The van der Waals surface area contributed by atoms with Crippen LogP contribution in [0.25, 0.3) is 0 Å². The number of amides is 2. The summed E-state index contributed by atoms with van der Waals surface area (Å²) in [4.78, 5) is 42.4. The Morgan fingerprint density at radius 3 is 2.85 bits per heavy atom. The fraction of sp³-hybridized carbons (Fsp3) is 0.278. The largest absolute Gasteiger partial charge is 0.465 e. The van der Waals surface area contributed by atoms with E-state index < -0.39 is 23.3 Å². The Morgan fingerprint density at radius 1 is 1.44 bits per heavy atom. The van der Waals surface area contributed by atoms with Crippen molar-refractivity contribution in [2.45, 2.75) is 25.8 Å². The number of aliphatic imine (C=N–C) groups is 1. The molecule has 0 saturated heterocycles. The number of aryl methyl sites for hydroxylation is 1. The number of methoxy groups -OCH3 is 1. The molecule has 3 heterocycles. The third-order valence-electron chi connectivity index (χ3n) is 4.41. The average Bonchev–Trinajstić information content (AvgIpc) is 2.95. The number of carbonyl (C=O) groups excluding carboxylic acids is 3. The van der Waals surface area contributed by atoms with Crippen LogP contribution in [-0.4, -0.2) is 41.2 Å². The molecular formula is C18H16N4O5. The molecule has 1 atom stereocenters. The van der Waals surface area contributed by atoms with Crippen LogP contribution in [0.1, 0.15) is 35.0 Å². The molecule has 2 amide bonds. The molecule has 1 aromatic rings. The van der Waals surface area contributed by atoms with Crippen LogP contribution in [0.2, 0.25) is 0 Å². The van der Waals surface area contributed by atoms with Crippen molar-refractivity contribution >= 4 is 29.5 Å². The summed E-state index contributed by atoms with van der Waals surface area (Å²) < 4.78 is 10.1. The Balaban J connectivity index is 1.96. The first-order valence-corrected chi connectivity index (χ1v) is 8.01. The maximum atomic E-state index is 13.0. The van der Waals surface area contributed by atoms with Gasteiger partial charge in [0.05, 0.1) is 13.5 Å². The quantitative estimate of drug-likeness (QED) is 0.804. The Bertz CT molecular complexity index is 979. The molecule has 0 bridgehead atoms. The molecule has 0 aromatic carbocycles.